The Hall–Kier alpha value is -2.96. The van der Waals surface area contributed by atoms with Crippen molar-refractivity contribution in [3.8, 4) is 17.3 Å². The van der Waals surface area contributed by atoms with Crippen LogP contribution in [0.3, 0.4) is 0 Å². The molecule has 7 nitrogen and oxygen atoms in total. The number of hydrogen-bond donors (Lipinski definition) is 1. The molecule has 2 heterocycles. The van der Waals surface area contributed by atoms with Gasteiger partial charge in [0.05, 0.1) is 5.69 Å². The second-order valence-corrected chi connectivity index (χ2v) is 10.8. The van der Waals surface area contributed by atoms with E-state index in [9.17, 15) is 4.79 Å². The molecule has 4 rings (SSSR count). The molecule has 1 amide bonds. The lowest BCUT2D eigenvalue weighted by molar-refractivity contribution is 0.0874. The SMILES string of the molecule is Cc1nnc(-c2cc(CC(C)C)n(-c3cccc(C(=O)NC4CC(C)CC(C)(C)C4)c3)n2)o1. The summed E-state index contributed by atoms with van der Waals surface area (Å²) in [6.45, 7) is 13.0. The Morgan fingerprint density at radius 3 is 2.70 bits per heavy atom. The van der Waals surface area contributed by atoms with Crippen LogP contribution in [-0.4, -0.2) is 31.9 Å². The van der Waals surface area contributed by atoms with Crippen molar-refractivity contribution in [2.24, 2.45) is 17.3 Å². The Kier molecular flexibility index (Phi) is 6.41. The van der Waals surface area contributed by atoms with Gasteiger partial charge in [-0.2, -0.15) is 5.10 Å². The fourth-order valence-electron chi connectivity index (χ4n) is 5.22. The molecule has 1 aromatic carbocycles. The van der Waals surface area contributed by atoms with Gasteiger partial charge in [0.2, 0.25) is 5.89 Å². The molecular formula is C26H35N5O2. The van der Waals surface area contributed by atoms with Crippen LogP contribution in [-0.2, 0) is 6.42 Å². The Labute approximate surface area is 196 Å². The molecule has 1 fully saturated rings. The fourth-order valence-corrected chi connectivity index (χ4v) is 5.22. The number of amides is 1. The van der Waals surface area contributed by atoms with Crippen LogP contribution in [0.1, 0.15) is 75.8 Å². The molecule has 1 saturated carbocycles. The molecule has 33 heavy (non-hydrogen) atoms. The van der Waals surface area contributed by atoms with Gasteiger partial charge in [0.25, 0.3) is 11.8 Å². The van der Waals surface area contributed by atoms with Gasteiger partial charge in [-0.05, 0) is 67.2 Å². The maximum absolute atomic E-state index is 13.1. The first-order chi connectivity index (χ1) is 15.6. The number of aryl methyl sites for hydroxylation is 1. The quantitative estimate of drug-likeness (QED) is 0.546. The lowest BCUT2D eigenvalue weighted by atomic mass is 9.70. The van der Waals surface area contributed by atoms with Crippen LogP contribution in [0.2, 0.25) is 0 Å². The van der Waals surface area contributed by atoms with Gasteiger partial charge in [-0.25, -0.2) is 4.68 Å². The van der Waals surface area contributed by atoms with Crippen molar-refractivity contribution in [1.82, 2.24) is 25.3 Å². The molecule has 2 unspecified atom stereocenters. The van der Waals surface area contributed by atoms with Crippen molar-refractivity contribution >= 4 is 5.91 Å². The number of carbonyl (C=O) groups is 1. The largest absolute Gasteiger partial charge is 0.420 e. The molecule has 2 atom stereocenters. The average Bonchev–Trinajstić information content (AvgIpc) is 3.32. The van der Waals surface area contributed by atoms with E-state index in [4.69, 9.17) is 9.52 Å². The molecule has 3 aromatic rings. The number of nitrogens with one attached hydrogen (secondary N) is 1. The normalized spacial score (nSPS) is 20.2. The summed E-state index contributed by atoms with van der Waals surface area (Å²) in [4.78, 5) is 13.1. The molecule has 0 radical (unpaired) electrons. The van der Waals surface area contributed by atoms with Crippen molar-refractivity contribution in [1.29, 1.82) is 0 Å². The highest BCUT2D eigenvalue weighted by atomic mass is 16.4. The first-order valence-electron chi connectivity index (χ1n) is 11.9. The predicted octanol–water partition coefficient (Wildman–Crippen LogP) is 5.37. The van der Waals surface area contributed by atoms with Crippen molar-refractivity contribution in [2.45, 2.75) is 73.3 Å². The third-order valence-corrected chi connectivity index (χ3v) is 6.22. The van der Waals surface area contributed by atoms with Gasteiger partial charge in [0.15, 0.2) is 0 Å². The van der Waals surface area contributed by atoms with Crippen LogP contribution in [0.25, 0.3) is 17.3 Å². The Morgan fingerprint density at radius 2 is 2.03 bits per heavy atom. The van der Waals surface area contributed by atoms with Gasteiger partial charge >= 0.3 is 0 Å². The van der Waals surface area contributed by atoms with Crippen LogP contribution in [0.4, 0.5) is 0 Å². The van der Waals surface area contributed by atoms with Crippen LogP contribution in [0, 0.1) is 24.2 Å². The number of rotatable bonds is 6. The second kappa shape index (κ2) is 9.12. The number of aromatic nitrogens is 4. The molecule has 1 aliphatic carbocycles. The minimum atomic E-state index is -0.0305. The van der Waals surface area contributed by atoms with E-state index in [2.05, 4.69) is 50.1 Å². The van der Waals surface area contributed by atoms with E-state index in [0.29, 0.717) is 34.9 Å². The van der Waals surface area contributed by atoms with Crippen LogP contribution >= 0.6 is 0 Å². The minimum absolute atomic E-state index is 0.0305. The third-order valence-electron chi connectivity index (χ3n) is 6.22. The molecule has 2 aromatic heterocycles. The average molecular weight is 450 g/mol. The lowest BCUT2D eigenvalue weighted by Crippen LogP contribution is -2.43. The number of benzene rings is 1. The van der Waals surface area contributed by atoms with Crippen LogP contribution in [0.15, 0.2) is 34.7 Å². The smallest absolute Gasteiger partial charge is 0.268 e. The molecule has 0 bridgehead atoms. The van der Waals surface area contributed by atoms with E-state index >= 15 is 0 Å². The molecule has 1 aliphatic rings. The number of nitrogens with zero attached hydrogens (tertiary/aromatic N) is 4. The molecular weight excluding hydrogens is 414 g/mol. The van der Waals surface area contributed by atoms with Crippen molar-refractivity contribution in [2.75, 3.05) is 0 Å². The third kappa shape index (κ3) is 5.52. The molecule has 7 heteroatoms. The number of carbonyl (C=O) groups excluding carboxylic acids is 1. The standard InChI is InChI=1S/C26H35N5O2/c1-16(2)10-22-13-23(25-29-28-18(4)33-25)30-31(22)21-9-7-8-19(12-21)24(32)27-20-11-17(3)14-26(5,6)15-20/h7-9,12-13,16-17,20H,10-11,14-15H2,1-6H3,(H,27,32). The van der Waals surface area contributed by atoms with Gasteiger partial charge in [0.1, 0.15) is 5.69 Å². The van der Waals surface area contributed by atoms with E-state index in [1.165, 1.54) is 6.42 Å². The summed E-state index contributed by atoms with van der Waals surface area (Å²) in [5.74, 6) is 1.93. The fraction of sp³-hybridized carbons (Fsp3) is 0.538. The maximum Gasteiger partial charge on any atom is 0.268 e. The van der Waals surface area contributed by atoms with Crippen molar-refractivity contribution < 1.29 is 9.21 Å². The second-order valence-electron chi connectivity index (χ2n) is 10.8. The van der Waals surface area contributed by atoms with E-state index < -0.39 is 0 Å². The van der Waals surface area contributed by atoms with Gasteiger partial charge in [-0.15, -0.1) is 10.2 Å². The highest BCUT2D eigenvalue weighted by Gasteiger charge is 2.32. The first kappa shape index (κ1) is 23.2. The van der Waals surface area contributed by atoms with Crippen molar-refractivity contribution in [3.05, 3.63) is 47.5 Å². The molecule has 0 aliphatic heterocycles. The van der Waals surface area contributed by atoms with E-state index in [1.807, 2.05) is 35.0 Å². The summed E-state index contributed by atoms with van der Waals surface area (Å²) < 4.78 is 7.47. The summed E-state index contributed by atoms with van der Waals surface area (Å²) in [6, 6.07) is 9.85. The lowest BCUT2D eigenvalue weighted by Gasteiger charge is -2.39. The van der Waals surface area contributed by atoms with Gasteiger partial charge in [-0.1, -0.05) is 40.7 Å². The topological polar surface area (TPSA) is 85.8 Å². The minimum Gasteiger partial charge on any atom is -0.420 e. The monoisotopic (exact) mass is 449 g/mol. The van der Waals surface area contributed by atoms with Crippen LogP contribution < -0.4 is 5.32 Å². The zero-order valence-electron chi connectivity index (χ0n) is 20.6. The van der Waals surface area contributed by atoms with E-state index in [-0.39, 0.29) is 17.4 Å². The molecule has 176 valence electrons. The number of hydrogen-bond acceptors (Lipinski definition) is 5. The summed E-state index contributed by atoms with van der Waals surface area (Å²) in [5, 5.41) is 16.1. The highest BCUT2D eigenvalue weighted by Crippen LogP contribution is 2.38. The predicted molar refractivity (Wildman–Crippen MR) is 128 cm³/mol. The van der Waals surface area contributed by atoms with E-state index in [0.717, 1.165) is 30.6 Å². The first-order valence-corrected chi connectivity index (χ1v) is 11.9. The zero-order valence-corrected chi connectivity index (χ0v) is 20.6. The summed E-state index contributed by atoms with van der Waals surface area (Å²) in [6.07, 6.45) is 4.08. The molecule has 0 saturated heterocycles. The Bertz CT molecular complexity index is 1130. The summed E-state index contributed by atoms with van der Waals surface area (Å²) in [7, 11) is 0. The van der Waals surface area contributed by atoms with E-state index in [1.54, 1.807) is 6.92 Å². The Balaban J connectivity index is 1.60. The molecule has 0 spiro atoms. The highest BCUT2D eigenvalue weighted by molar-refractivity contribution is 5.95. The Morgan fingerprint density at radius 1 is 1.24 bits per heavy atom. The van der Waals surface area contributed by atoms with Crippen LogP contribution in [0.5, 0.6) is 0 Å². The van der Waals surface area contributed by atoms with Gasteiger partial charge in [0, 0.05) is 24.2 Å². The maximum atomic E-state index is 13.1. The van der Waals surface area contributed by atoms with Gasteiger partial charge in [-0.3, -0.25) is 4.79 Å². The zero-order chi connectivity index (χ0) is 23.8. The summed E-state index contributed by atoms with van der Waals surface area (Å²) in [5.41, 5.74) is 3.42. The van der Waals surface area contributed by atoms with Crippen molar-refractivity contribution in [3.63, 3.8) is 0 Å². The summed E-state index contributed by atoms with van der Waals surface area (Å²) >= 11 is 0. The van der Waals surface area contributed by atoms with Gasteiger partial charge < -0.3 is 9.73 Å². The molecule has 1 N–H and O–H groups in total.